The van der Waals surface area contributed by atoms with Crippen LogP contribution in [0.2, 0.25) is 0 Å². The van der Waals surface area contributed by atoms with Gasteiger partial charge in [0.25, 0.3) is 0 Å². The predicted molar refractivity (Wildman–Crippen MR) is 292 cm³/mol. The molecule has 0 heterocycles. The highest BCUT2D eigenvalue weighted by molar-refractivity contribution is 5.70. The first-order chi connectivity index (χ1) is 33.1. The average molecular weight is 930 g/mol. The van der Waals surface area contributed by atoms with Crippen molar-refractivity contribution in [3.05, 3.63) is 109 Å². The van der Waals surface area contributed by atoms with Crippen LogP contribution in [0.5, 0.6) is 0 Å². The quantitative estimate of drug-likeness (QED) is 0.0374. The summed E-state index contributed by atoms with van der Waals surface area (Å²) in [5.74, 6) is -0.595. The van der Waals surface area contributed by atoms with Gasteiger partial charge >= 0.3 is 11.9 Å². The van der Waals surface area contributed by atoms with Gasteiger partial charge in [0.05, 0.1) is 6.61 Å². The van der Waals surface area contributed by atoms with E-state index in [9.17, 15) is 14.7 Å². The van der Waals surface area contributed by atoms with Gasteiger partial charge in [0.15, 0.2) is 6.10 Å². The van der Waals surface area contributed by atoms with E-state index >= 15 is 0 Å². The second kappa shape index (κ2) is 56.9. The van der Waals surface area contributed by atoms with Crippen molar-refractivity contribution in [3.63, 3.8) is 0 Å². The Morgan fingerprint density at radius 3 is 0.970 bits per heavy atom. The Balaban J connectivity index is 3.57. The molecule has 0 radical (unpaired) electrons. The van der Waals surface area contributed by atoms with Gasteiger partial charge in [-0.15, -0.1) is 0 Å². The lowest BCUT2D eigenvalue weighted by Gasteiger charge is -2.15. The number of carbonyl (C=O) groups excluding carboxylic acids is 2. The van der Waals surface area contributed by atoms with E-state index in [1.807, 2.05) is 0 Å². The highest BCUT2D eigenvalue weighted by Crippen LogP contribution is 2.15. The summed E-state index contributed by atoms with van der Waals surface area (Å²) in [6, 6.07) is 0. The third kappa shape index (κ3) is 55.0. The maximum Gasteiger partial charge on any atom is 0.306 e. The molecule has 1 unspecified atom stereocenters. The van der Waals surface area contributed by atoms with Gasteiger partial charge in [-0.3, -0.25) is 9.59 Å². The van der Waals surface area contributed by atoms with Crippen molar-refractivity contribution in [2.75, 3.05) is 13.2 Å². The van der Waals surface area contributed by atoms with Gasteiger partial charge in [0.1, 0.15) is 6.61 Å². The molecule has 0 aliphatic carbocycles. The van der Waals surface area contributed by atoms with Crippen molar-refractivity contribution < 1.29 is 24.2 Å². The van der Waals surface area contributed by atoms with E-state index in [0.29, 0.717) is 12.8 Å². The predicted octanol–water partition coefficient (Wildman–Crippen LogP) is 18.9. The Morgan fingerprint density at radius 2 is 0.642 bits per heavy atom. The van der Waals surface area contributed by atoms with Gasteiger partial charge in [-0.25, -0.2) is 0 Å². The molecule has 0 aromatic carbocycles. The maximum absolute atomic E-state index is 12.3. The van der Waals surface area contributed by atoms with Crippen molar-refractivity contribution in [1.29, 1.82) is 0 Å². The molecule has 0 rings (SSSR count). The summed E-state index contributed by atoms with van der Waals surface area (Å²) < 4.78 is 10.7. The van der Waals surface area contributed by atoms with Crippen molar-refractivity contribution in [2.45, 2.75) is 258 Å². The van der Waals surface area contributed by atoms with Crippen LogP contribution in [-0.2, 0) is 19.1 Å². The highest BCUT2D eigenvalue weighted by atomic mass is 16.6. The zero-order chi connectivity index (χ0) is 48.5. The van der Waals surface area contributed by atoms with Crippen molar-refractivity contribution in [2.24, 2.45) is 0 Å². The summed E-state index contributed by atoms with van der Waals surface area (Å²) in [6.07, 6.45) is 81.9. The van der Waals surface area contributed by atoms with E-state index in [4.69, 9.17) is 9.47 Å². The van der Waals surface area contributed by atoms with Crippen LogP contribution < -0.4 is 0 Å². The van der Waals surface area contributed by atoms with Crippen LogP contribution in [0.15, 0.2) is 109 Å². The molecule has 0 saturated heterocycles. The summed E-state index contributed by atoms with van der Waals surface area (Å²) in [7, 11) is 0. The van der Waals surface area contributed by atoms with E-state index in [2.05, 4.69) is 123 Å². The van der Waals surface area contributed by atoms with E-state index in [1.165, 1.54) is 122 Å². The Morgan fingerprint density at radius 1 is 0.358 bits per heavy atom. The van der Waals surface area contributed by atoms with Crippen LogP contribution in [0.25, 0.3) is 0 Å². The summed E-state index contributed by atoms with van der Waals surface area (Å²) in [4.78, 5) is 24.5. The lowest BCUT2D eigenvalue weighted by molar-refractivity contribution is -0.161. The smallest absolute Gasteiger partial charge is 0.306 e. The molecule has 1 N–H and O–H groups in total. The Labute approximate surface area is 414 Å². The number of aliphatic hydroxyl groups is 1. The van der Waals surface area contributed by atoms with Gasteiger partial charge in [-0.2, -0.15) is 0 Å². The number of ether oxygens (including phenoxy) is 2. The number of unbranched alkanes of at least 4 members (excludes halogenated alkanes) is 24. The molecule has 0 aromatic heterocycles. The fourth-order valence-electron chi connectivity index (χ4n) is 7.67. The number of esters is 2. The monoisotopic (exact) mass is 929 g/mol. The minimum Gasteiger partial charge on any atom is -0.462 e. The molecule has 0 aliphatic rings. The molecule has 0 aromatic rings. The molecule has 382 valence electrons. The standard InChI is InChI=1S/C62H104O5/c1-3-5-7-9-11-13-15-17-19-21-22-23-24-25-26-27-28-29-30-31-32-33-34-35-36-37-38-39-40-41-43-45-47-49-51-53-55-57-62(65)67-60(58-63)59-66-61(64)56-54-52-50-48-46-44-42-20-18-16-14-12-10-8-6-4-2/h5,7,11,13,17,19,22-23,25-26,28-29,31-32,34-35,37-38,60,63H,3-4,6,8-10,12,14-16,18,20-21,24,27,30,33,36,39-59H2,1-2H3/b7-5-,13-11-,19-17-,23-22-,26-25-,29-28-,32-31-,35-34-,38-37-. The first kappa shape index (κ1) is 63.6. The van der Waals surface area contributed by atoms with Crippen molar-refractivity contribution >= 4 is 11.9 Å². The highest BCUT2D eigenvalue weighted by Gasteiger charge is 2.16. The molecule has 67 heavy (non-hydrogen) atoms. The van der Waals surface area contributed by atoms with Gasteiger partial charge in [-0.1, -0.05) is 264 Å². The van der Waals surface area contributed by atoms with Crippen molar-refractivity contribution in [1.82, 2.24) is 0 Å². The van der Waals surface area contributed by atoms with Gasteiger partial charge in [0.2, 0.25) is 0 Å². The fourth-order valence-corrected chi connectivity index (χ4v) is 7.67. The number of allylic oxidation sites excluding steroid dienone is 18. The number of rotatable bonds is 50. The number of hydrogen-bond donors (Lipinski definition) is 1. The van der Waals surface area contributed by atoms with Gasteiger partial charge in [-0.05, 0) is 83.5 Å². The minimum atomic E-state index is -0.779. The van der Waals surface area contributed by atoms with Gasteiger partial charge in [0, 0.05) is 12.8 Å². The minimum absolute atomic E-state index is 0.0701. The summed E-state index contributed by atoms with van der Waals surface area (Å²) in [5.41, 5.74) is 0. The van der Waals surface area contributed by atoms with Crippen molar-refractivity contribution in [3.8, 4) is 0 Å². The van der Waals surface area contributed by atoms with Crippen LogP contribution in [0.4, 0.5) is 0 Å². The topological polar surface area (TPSA) is 72.8 Å². The van der Waals surface area contributed by atoms with Crippen LogP contribution >= 0.6 is 0 Å². The molecule has 5 nitrogen and oxygen atoms in total. The maximum atomic E-state index is 12.3. The largest absolute Gasteiger partial charge is 0.462 e. The first-order valence-corrected chi connectivity index (χ1v) is 27.9. The molecule has 0 aliphatic heterocycles. The van der Waals surface area contributed by atoms with Gasteiger partial charge < -0.3 is 14.6 Å². The molecule has 0 bridgehead atoms. The van der Waals surface area contributed by atoms with E-state index in [1.54, 1.807) is 0 Å². The van der Waals surface area contributed by atoms with E-state index in [0.717, 1.165) is 103 Å². The summed E-state index contributed by atoms with van der Waals surface area (Å²) in [6.45, 7) is 4.03. The Bertz CT molecular complexity index is 1330. The normalized spacial score (nSPS) is 13.1. The lowest BCUT2D eigenvalue weighted by atomic mass is 10.0. The second-order valence-electron chi connectivity index (χ2n) is 18.3. The summed E-state index contributed by atoms with van der Waals surface area (Å²) >= 11 is 0. The third-order valence-electron chi connectivity index (χ3n) is 11.8. The fraction of sp³-hybridized carbons (Fsp3) is 0.677. The number of carbonyl (C=O) groups is 2. The molecular weight excluding hydrogens is 825 g/mol. The molecule has 5 heteroatoms. The van der Waals surface area contributed by atoms with E-state index < -0.39 is 6.10 Å². The number of hydrogen-bond acceptors (Lipinski definition) is 5. The third-order valence-corrected chi connectivity index (χ3v) is 11.8. The number of aliphatic hydroxyl groups excluding tert-OH is 1. The second-order valence-corrected chi connectivity index (χ2v) is 18.3. The SMILES string of the molecule is CC/C=C\C/C=C\C/C=C\C/C=C\C/C=C\C/C=C\C/C=C\C/C=C\C/C=C\CCCCCCCCCCCC(=O)OC(CO)COC(=O)CCCCCCCCCCCCCCCCCC. The van der Waals surface area contributed by atoms with Crippen LogP contribution in [-0.4, -0.2) is 36.4 Å². The van der Waals surface area contributed by atoms with Crippen LogP contribution in [0, 0.1) is 0 Å². The molecule has 1 atom stereocenters. The van der Waals surface area contributed by atoms with E-state index in [-0.39, 0.29) is 25.2 Å². The Hall–Kier alpha value is -3.44. The molecule has 0 saturated carbocycles. The zero-order valence-electron chi connectivity index (χ0n) is 43.6. The first-order valence-electron chi connectivity index (χ1n) is 27.9. The Kier molecular flexibility index (Phi) is 54.0. The lowest BCUT2D eigenvalue weighted by Crippen LogP contribution is -2.28. The molecule has 0 amide bonds. The summed E-state index contributed by atoms with van der Waals surface area (Å²) in [5, 5.41) is 9.63. The van der Waals surface area contributed by atoms with Crippen LogP contribution in [0.1, 0.15) is 251 Å². The molecule has 0 spiro atoms. The average Bonchev–Trinajstić information content (AvgIpc) is 3.33. The molecular formula is C62H104O5. The van der Waals surface area contributed by atoms with Crippen LogP contribution in [0.3, 0.4) is 0 Å². The molecule has 0 fully saturated rings. The zero-order valence-corrected chi connectivity index (χ0v) is 43.6.